The summed E-state index contributed by atoms with van der Waals surface area (Å²) in [4.78, 5) is 23.3. The van der Waals surface area contributed by atoms with E-state index in [2.05, 4.69) is 10.3 Å². The van der Waals surface area contributed by atoms with Gasteiger partial charge in [0.1, 0.15) is 11.3 Å². The van der Waals surface area contributed by atoms with E-state index in [-0.39, 0.29) is 5.56 Å². The number of carbonyl (C=O) groups is 2. The van der Waals surface area contributed by atoms with Crippen molar-refractivity contribution in [3.05, 3.63) is 54.1 Å². The van der Waals surface area contributed by atoms with E-state index in [4.69, 9.17) is 16.3 Å². The van der Waals surface area contributed by atoms with Crippen LogP contribution in [0.4, 0.5) is 4.79 Å². The number of hydrogen-bond donors (Lipinski definition) is 0. The third-order valence-corrected chi connectivity index (χ3v) is 2.96. The van der Waals surface area contributed by atoms with E-state index in [0.717, 1.165) is 4.68 Å². The molecule has 0 aliphatic carbocycles. The van der Waals surface area contributed by atoms with Crippen molar-refractivity contribution in [2.45, 2.75) is 0 Å². The quantitative estimate of drug-likeness (QED) is 0.413. The van der Waals surface area contributed by atoms with E-state index >= 15 is 0 Å². The molecule has 0 fully saturated rings. The minimum absolute atomic E-state index is 0.271. The second-order valence-corrected chi connectivity index (χ2v) is 4.48. The van der Waals surface area contributed by atoms with Crippen LogP contribution in [0, 0.1) is 0 Å². The standard InChI is InChI=1S/C14H8ClN3O3/c15-14(20)18-12-8-9(6-7-11(12)16-17-18)13(19)21-10-4-2-1-3-5-10/h1-8H. The molecule has 3 rings (SSSR count). The third kappa shape index (κ3) is 2.61. The molecule has 104 valence electrons. The molecule has 0 N–H and O–H groups in total. The lowest BCUT2D eigenvalue weighted by atomic mass is 10.2. The molecule has 0 saturated heterocycles. The van der Waals surface area contributed by atoms with Gasteiger partial charge in [0, 0.05) is 0 Å². The Morgan fingerprint density at radius 2 is 1.86 bits per heavy atom. The lowest BCUT2D eigenvalue weighted by molar-refractivity contribution is 0.0735. The first-order valence-electron chi connectivity index (χ1n) is 5.98. The van der Waals surface area contributed by atoms with Crippen molar-refractivity contribution in [3.63, 3.8) is 0 Å². The fourth-order valence-corrected chi connectivity index (χ4v) is 1.95. The number of para-hydroxylation sites is 1. The van der Waals surface area contributed by atoms with E-state index in [9.17, 15) is 9.59 Å². The number of benzene rings is 2. The summed E-state index contributed by atoms with van der Waals surface area (Å²) in [5.74, 6) is -0.111. The van der Waals surface area contributed by atoms with Crippen LogP contribution in [0.25, 0.3) is 11.0 Å². The minimum Gasteiger partial charge on any atom is -0.423 e. The molecule has 0 bridgehead atoms. The van der Waals surface area contributed by atoms with Gasteiger partial charge in [-0.1, -0.05) is 23.4 Å². The Kier molecular flexibility index (Phi) is 3.37. The Balaban J connectivity index is 1.95. The van der Waals surface area contributed by atoms with Gasteiger partial charge in [0.15, 0.2) is 0 Å². The van der Waals surface area contributed by atoms with E-state index in [0.29, 0.717) is 16.8 Å². The number of rotatable bonds is 2. The number of fused-ring (bicyclic) bond motifs is 1. The van der Waals surface area contributed by atoms with Crippen molar-refractivity contribution >= 4 is 34.0 Å². The molecule has 21 heavy (non-hydrogen) atoms. The molecule has 2 aromatic carbocycles. The molecule has 7 heteroatoms. The number of aromatic nitrogens is 3. The van der Waals surface area contributed by atoms with E-state index in [1.807, 2.05) is 6.07 Å². The summed E-state index contributed by atoms with van der Waals surface area (Å²) in [6.07, 6.45) is 0. The number of halogens is 1. The predicted octanol–water partition coefficient (Wildman–Crippen LogP) is 2.86. The highest BCUT2D eigenvalue weighted by Gasteiger charge is 2.14. The Labute approximate surface area is 123 Å². The van der Waals surface area contributed by atoms with Crippen LogP contribution in [0.15, 0.2) is 48.5 Å². The number of hydrogen-bond acceptors (Lipinski definition) is 5. The maximum Gasteiger partial charge on any atom is 0.343 e. The smallest absolute Gasteiger partial charge is 0.343 e. The molecule has 6 nitrogen and oxygen atoms in total. The van der Waals surface area contributed by atoms with Crippen molar-refractivity contribution in [1.29, 1.82) is 0 Å². The summed E-state index contributed by atoms with van der Waals surface area (Å²) in [6.45, 7) is 0. The molecule has 1 heterocycles. The Morgan fingerprint density at radius 1 is 1.10 bits per heavy atom. The largest absolute Gasteiger partial charge is 0.423 e. The zero-order chi connectivity index (χ0) is 14.8. The van der Waals surface area contributed by atoms with Crippen molar-refractivity contribution < 1.29 is 14.3 Å². The van der Waals surface area contributed by atoms with Crippen LogP contribution in [0.2, 0.25) is 0 Å². The molecule has 0 saturated carbocycles. The Hall–Kier alpha value is -2.73. The molecule has 0 spiro atoms. The van der Waals surface area contributed by atoms with Crippen LogP contribution in [-0.4, -0.2) is 26.3 Å². The maximum atomic E-state index is 12.1. The highest BCUT2D eigenvalue weighted by atomic mass is 35.5. The fourth-order valence-electron chi connectivity index (χ4n) is 1.83. The van der Waals surface area contributed by atoms with Crippen molar-refractivity contribution in [2.75, 3.05) is 0 Å². The van der Waals surface area contributed by atoms with Crippen molar-refractivity contribution in [1.82, 2.24) is 15.0 Å². The Morgan fingerprint density at radius 3 is 2.57 bits per heavy atom. The van der Waals surface area contributed by atoms with Crippen LogP contribution >= 0.6 is 11.6 Å². The van der Waals surface area contributed by atoms with Crippen LogP contribution in [-0.2, 0) is 0 Å². The van der Waals surface area contributed by atoms with Gasteiger partial charge in [0.2, 0.25) is 0 Å². The zero-order valence-electron chi connectivity index (χ0n) is 10.6. The van der Waals surface area contributed by atoms with Crippen molar-refractivity contribution in [2.24, 2.45) is 0 Å². The lowest BCUT2D eigenvalue weighted by Gasteiger charge is -2.04. The van der Waals surface area contributed by atoms with Gasteiger partial charge in [-0.3, -0.25) is 4.79 Å². The summed E-state index contributed by atoms with van der Waals surface area (Å²) in [5.41, 5.74) is 1.07. The van der Waals surface area contributed by atoms with E-state index in [1.54, 1.807) is 36.4 Å². The number of esters is 1. The molecular formula is C14H8ClN3O3. The van der Waals surface area contributed by atoms with Gasteiger partial charge in [0.05, 0.1) is 11.1 Å². The molecule has 0 aliphatic rings. The summed E-state index contributed by atoms with van der Waals surface area (Å²) in [6, 6.07) is 13.3. The molecule has 1 aromatic heterocycles. The van der Waals surface area contributed by atoms with E-state index in [1.165, 1.54) is 6.07 Å². The minimum atomic E-state index is -0.800. The predicted molar refractivity (Wildman–Crippen MR) is 75.6 cm³/mol. The summed E-state index contributed by atoms with van der Waals surface area (Å²) >= 11 is 5.39. The SMILES string of the molecule is O=C(Oc1ccccc1)c1ccc2nnn(C(=O)Cl)c2c1. The maximum absolute atomic E-state index is 12.1. The number of nitrogens with zero attached hydrogens (tertiary/aromatic N) is 3. The number of ether oxygens (including phenoxy) is 1. The molecule has 3 aromatic rings. The zero-order valence-corrected chi connectivity index (χ0v) is 11.3. The van der Waals surface area contributed by atoms with Crippen LogP contribution in [0.1, 0.15) is 10.4 Å². The molecule has 0 radical (unpaired) electrons. The fraction of sp³-hybridized carbons (Fsp3) is 0. The summed E-state index contributed by atoms with van der Waals surface area (Å²) < 4.78 is 6.13. The van der Waals surface area contributed by atoms with Gasteiger partial charge in [-0.2, -0.15) is 4.68 Å². The highest BCUT2D eigenvalue weighted by Crippen LogP contribution is 2.17. The van der Waals surface area contributed by atoms with Gasteiger partial charge in [-0.05, 0) is 41.9 Å². The molecule has 0 amide bonds. The first-order chi connectivity index (χ1) is 10.1. The van der Waals surface area contributed by atoms with Crippen LogP contribution in [0.5, 0.6) is 5.75 Å². The van der Waals surface area contributed by atoms with Gasteiger partial charge in [0.25, 0.3) is 0 Å². The Bertz CT molecular complexity index is 830. The third-order valence-electron chi connectivity index (χ3n) is 2.80. The average Bonchev–Trinajstić information content (AvgIpc) is 2.91. The summed E-state index contributed by atoms with van der Waals surface area (Å²) in [5, 5.41) is 6.59. The van der Waals surface area contributed by atoms with Gasteiger partial charge >= 0.3 is 11.3 Å². The van der Waals surface area contributed by atoms with Crippen LogP contribution in [0.3, 0.4) is 0 Å². The van der Waals surface area contributed by atoms with Gasteiger partial charge < -0.3 is 4.74 Å². The van der Waals surface area contributed by atoms with Gasteiger partial charge in [-0.25, -0.2) is 4.79 Å². The van der Waals surface area contributed by atoms with Crippen LogP contribution < -0.4 is 4.74 Å². The molecule has 0 aliphatic heterocycles. The first kappa shape index (κ1) is 13.3. The monoisotopic (exact) mass is 301 g/mol. The number of carbonyl (C=O) groups excluding carboxylic acids is 2. The van der Waals surface area contributed by atoms with Crippen molar-refractivity contribution in [3.8, 4) is 5.75 Å². The van der Waals surface area contributed by atoms with Gasteiger partial charge in [-0.15, -0.1) is 5.10 Å². The topological polar surface area (TPSA) is 74.1 Å². The lowest BCUT2D eigenvalue weighted by Crippen LogP contribution is -2.09. The first-order valence-corrected chi connectivity index (χ1v) is 6.35. The normalized spacial score (nSPS) is 10.5. The average molecular weight is 302 g/mol. The molecule has 0 atom stereocenters. The second-order valence-electron chi connectivity index (χ2n) is 4.16. The second kappa shape index (κ2) is 5.34. The highest BCUT2D eigenvalue weighted by molar-refractivity contribution is 6.63. The van der Waals surface area contributed by atoms with E-state index < -0.39 is 11.3 Å². The molecular weight excluding hydrogens is 294 g/mol. The molecule has 0 unspecified atom stereocenters. The summed E-state index contributed by atoms with van der Waals surface area (Å²) in [7, 11) is 0.